The number of hydrogen-bond donors (Lipinski definition) is 1. The van der Waals surface area contributed by atoms with Crippen LogP contribution in [0.2, 0.25) is 0 Å². The minimum Gasteiger partial charge on any atom is -0.468 e. The Hall–Kier alpha value is -0.800. The van der Waals surface area contributed by atoms with Gasteiger partial charge in [0.05, 0.1) is 12.8 Å². The number of rotatable bonds is 6. The standard InChI is InChI=1S/C12H22N2O/c1-5-14(4)9-12-11(6-7-15-12)8-13-10(2)3/h6-7,10,13H,5,8-9H2,1-4H3. The molecule has 0 fully saturated rings. The molecule has 0 aromatic carbocycles. The molecule has 1 aromatic heterocycles. The predicted molar refractivity (Wildman–Crippen MR) is 62.7 cm³/mol. The fraction of sp³-hybridized carbons (Fsp3) is 0.667. The molecule has 86 valence electrons. The van der Waals surface area contributed by atoms with Gasteiger partial charge >= 0.3 is 0 Å². The first-order chi connectivity index (χ1) is 7.13. The molecule has 3 nitrogen and oxygen atoms in total. The zero-order chi connectivity index (χ0) is 11.3. The van der Waals surface area contributed by atoms with Gasteiger partial charge in [0.2, 0.25) is 0 Å². The molecular weight excluding hydrogens is 188 g/mol. The van der Waals surface area contributed by atoms with Crippen LogP contribution in [-0.4, -0.2) is 24.5 Å². The Morgan fingerprint density at radius 2 is 2.20 bits per heavy atom. The summed E-state index contributed by atoms with van der Waals surface area (Å²) >= 11 is 0. The third kappa shape index (κ3) is 4.06. The Balaban J connectivity index is 2.53. The molecular formula is C12H22N2O. The molecule has 0 aliphatic heterocycles. The van der Waals surface area contributed by atoms with E-state index in [0.717, 1.165) is 25.4 Å². The molecule has 3 heteroatoms. The molecule has 0 aliphatic rings. The fourth-order valence-electron chi connectivity index (χ4n) is 1.33. The first-order valence-corrected chi connectivity index (χ1v) is 5.60. The highest BCUT2D eigenvalue weighted by atomic mass is 16.3. The van der Waals surface area contributed by atoms with E-state index in [-0.39, 0.29) is 0 Å². The SMILES string of the molecule is CCN(C)Cc1occc1CNC(C)C. The molecule has 15 heavy (non-hydrogen) atoms. The van der Waals surface area contributed by atoms with Crippen molar-refractivity contribution in [3.8, 4) is 0 Å². The van der Waals surface area contributed by atoms with Crippen molar-refractivity contribution in [1.82, 2.24) is 10.2 Å². The first kappa shape index (κ1) is 12.3. The van der Waals surface area contributed by atoms with E-state index in [2.05, 4.69) is 38.0 Å². The average molecular weight is 210 g/mol. The highest BCUT2D eigenvalue weighted by molar-refractivity contribution is 5.16. The van der Waals surface area contributed by atoms with E-state index < -0.39 is 0 Å². The summed E-state index contributed by atoms with van der Waals surface area (Å²) in [5, 5.41) is 3.40. The van der Waals surface area contributed by atoms with Crippen LogP contribution >= 0.6 is 0 Å². The van der Waals surface area contributed by atoms with Crippen molar-refractivity contribution < 1.29 is 4.42 Å². The highest BCUT2D eigenvalue weighted by Gasteiger charge is 2.08. The normalized spacial score (nSPS) is 11.6. The lowest BCUT2D eigenvalue weighted by Gasteiger charge is -2.13. The summed E-state index contributed by atoms with van der Waals surface area (Å²) in [6, 6.07) is 2.56. The monoisotopic (exact) mass is 210 g/mol. The van der Waals surface area contributed by atoms with E-state index in [0.29, 0.717) is 6.04 Å². The van der Waals surface area contributed by atoms with Crippen LogP contribution < -0.4 is 5.32 Å². The minimum atomic E-state index is 0.511. The summed E-state index contributed by atoms with van der Waals surface area (Å²) < 4.78 is 5.49. The van der Waals surface area contributed by atoms with Gasteiger partial charge in [0.25, 0.3) is 0 Å². The van der Waals surface area contributed by atoms with Crippen molar-refractivity contribution in [2.45, 2.75) is 39.9 Å². The minimum absolute atomic E-state index is 0.511. The van der Waals surface area contributed by atoms with Crippen LogP contribution in [0, 0.1) is 0 Å². The first-order valence-electron chi connectivity index (χ1n) is 5.60. The van der Waals surface area contributed by atoms with Gasteiger partial charge in [-0.25, -0.2) is 0 Å². The summed E-state index contributed by atoms with van der Waals surface area (Å²) in [5.74, 6) is 1.08. The van der Waals surface area contributed by atoms with Crippen LogP contribution in [0.1, 0.15) is 32.1 Å². The quantitative estimate of drug-likeness (QED) is 0.780. The van der Waals surface area contributed by atoms with Crippen molar-refractivity contribution in [2.24, 2.45) is 0 Å². The van der Waals surface area contributed by atoms with Crippen molar-refractivity contribution in [3.05, 3.63) is 23.7 Å². The summed E-state index contributed by atoms with van der Waals surface area (Å²) in [6.45, 7) is 9.27. The molecule has 0 spiro atoms. The number of nitrogens with zero attached hydrogens (tertiary/aromatic N) is 1. The lowest BCUT2D eigenvalue weighted by Crippen LogP contribution is -2.23. The summed E-state index contributed by atoms with van der Waals surface area (Å²) in [5.41, 5.74) is 1.27. The van der Waals surface area contributed by atoms with Crippen molar-refractivity contribution >= 4 is 0 Å². The average Bonchev–Trinajstić information content (AvgIpc) is 2.62. The van der Waals surface area contributed by atoms with Crippen molar-refractivity contribution in [1.29, 1.82) is 0 Å². The zero-order valence-electron chi connectivity index (χ0n) is 10.2. The molecule has 0 bridgehead atoms. The molecule has 0 saturated carbocycles. The number of hydrogen-bond acceptors (Lipinski definition) is 3. The van der Waals surface area contributed by atoms with Crippen LogP contribution in [0.5, 0.6) is 0 Å². The van der Waals surface area contributed by atoms with E-state index in [4.69, 9.17) is 4.42 Å². The molecule has 1 rings (SSSR count). The van der Waals surface area contributed by atoms with Crippen LogP contribution in [0.25, 0.3) is 0 Å². The molecule has 0 radical (unpaired) electrons. The maximum absolute atomic E-state index is 5.49. The van der Waals surface area contributed by atoms with Gasteiger partial charge in [-0.05, 0) is 19.7 Å². The molecule has 1 aromatic rings. The largest absolute Gasteiger partial charge is 0.468 e. The fourth-order valence-corrected chi connectivity index (χ4v) is 1.33. The van der Waals surface area contributed by atoms with Gasteiger partial charge in [0, 0.05) is 18.2 Å². The molecule has 0 atom stereocenters. The van der Waals surface area contributed by atoms with E-state index in [1.54, 1.807) is 6.26 Å². The molecule has 0 amide bonds. The number of nitrogens with one attached hydrogen (secondary N) is 1. The van der Waals surface area contributed by atoms with Crippen molar-refractivity contribution in [3.63, 3.8) is 0 Å². The lowest BCUT2D eigenvalue weighted by atomic mass is 10.2. The Morgan fingerprint density at radius 3 is 2.80 bits per heavy atom. The maximum atomic E-state index is 5.49. The second kappa shape index (κ2) is 5.93. The topological polar surface area (TPSA) is 28.4 Å². The van der Waals surface area contributed by atoms with Gasteiger partial charge in [-0.2, -0.15) is 0 Å². The third-order valence-electron chi connectivity index (χ3n) is 2.49. The molecule has 1 N–H and O–H groups in total. The molecule has 1 heterocycles. The van der Waals surface area contributed by atoms with E-state index in [1.807, 2.05) is 6.07 Å². The van der Waals surface area contributed by atoms with E-state index >= 15 is 0 Å². The van der Waals surface area contributed by atoms with Gasteiger partial charge in [-0.3, -0.25) is 4.90 Å². The lowest BCUT2D eigenvalue weighted by molar-refractivity contribution is 0.306. The molecule has 0 saturated heterocycles. The second-order valence-corrected chi connectivity index (χ2v) is 4.24. The van der Waals surface area contributed by atoms with Crippen LogP contribution in [-0.2, 0) is 13.1 Å². The van der Waals surface area contributed by atoms with Gasteiger partial charge in [-0.15, -0.1) is 0 Å². The van der Waals surface area contributed by atoms with Crippen LogP contribution in [0.3, 0.4) is 0 Å². The van der Waals surface area contributed by atoms with E-state index in [9.17, 15) is 0 Å². The van der Waals surface area contributed by atoms with Gasteiger partial charge in [0.15, 0.2) is 0 Å². The van der Waals surface area contributed by atoms with Crippen LogP contribution in [0.4, 0.5) is 0 Å². The Kier molecular flexibility index (Phi) is 4.85. The van der Waals surface area contributed by atoms with Gasteiger partial charge in [-0.1, -0.05) is 20.8 Å². The summed E-state index contributed by atoms with van der Waals surface area (Å²) in [7, 11) is 2.10. The summed E-state index contributed by atoms with van der Waals surface area (Å²) in [6.07, 6.45) is 1.77. The van der Waals surface area contributed by atoms with Gasteiger partial charge in [0.1, 0.15) is 5.76 Å². The maximum Gasteiger partial charge on any atom is 0.122 e. The van der Waals surface area contributed by atoms with Crippen LogP contribution in [0.15, 0.2) is 16.7 Å². The Morgan fingerprint density at radius 1 is 1.47 bits per heavy atom. The van der Waals surface area contributed by atoms with Gasteiger partial charge < -0.3 is 9.73 Å². The smallest absolute Gasteiger partial charge is 0.122 e. The predicted octanol–water partition coefficient (Wildman–Crippen LogP) is 2.23. The second-order valence-electron chi connectivity index (χ2n) is 4.24. The van der Waals surface area contributed by atoms with E-state index in [1.165, 1.54) is 5.56 Å². The molecule has 0 aliphatic carbocycles. The molecule has 0 unspecified atom stereocenters. The van der Waals surface area contributed by atoms with Crippen molar-refractivity contribution in [2.75, 3.05) is 13.6 Å². The summed E-state index contributed by atoms with van der Waals surface area (Å²) in [4.78, 5) is 2.23. The Labute approximate surface area is 92.5 Å². The number of furan rings is 1. The highest BCUT2D eigenvalue weighted by Crippen LogP contribution is 2.12. The third-order valence-corrected chi connectivity index (χ3v) is 2.49. The Bertz CT molecular complexity index is 281. The zero-order valence-corrected chi connectivity index (χ0v) is 10.2.